The van der Waals surface area contributed by atoms with Crippen LogP contribution in [0.4, 0.5) is 0 Å². The van der Waals surface area contributed by atoms with Crippen LogP contribution in [0.5, 0.6) is 11.5 Å². The number of phenolic OH excluding ortho intramolecular Hbond substituents is 1. The highest BCUT2D eigenvalue weighted by atomic mass is 32.1. The molecule has 8 nitrogen and oxygen atoms in total. The third kappa shape index (κ3) is 4.03. The summed E-state index contributed by atoms with van der Waals surface area (Å²) >= 11 is 1.20. The zero-order valence-electron chi connectivity index (χ0n) is 19.5. The number of aliphatic hydroxyl groups is 1. The number of carbonyl (C=O) groups excluding carboxylic acids is 2. The molecular weight excluding hydrogens is 480 g/mol. The smallest absolute Gasteiger partial charge is 0.290 e. The first-order valence-electron chi connectivity index (χ1n) is 11.1. The number of hydrogen-bond acceptors (Lipinski definition) is 8. The predicted octanol–water partition coefficient (Wildman–Crippen LogP) is 5.20. The second kappa shape index (κ2) is 9.35. The number of aryl methyl sites for hydroxylation is 1. The van der Waals surface area contributed by atoms with Crippen LogP contribution in [0.1, 0.15) is 32.7 Å². The number of amides is 1. The number of aromatic nitrogens is 1. The molecule has 182 valence electrons. The summed E-state index contributed by atoms with van der Waals surface area (Å²) in [7, 11) is 1.43. The van der Waals surface area contributed by atoms with E-state index < -0.39 is 23.5 Å². The van der Waals surface area contributed by atoms with Gasteiger partial charge in [-0.25, -0.2) is 4.98 Å². The second-order valence-corrected chi connectivity index (χ2v) is 9.24. The summed E-state index contributed by atoms with van der Waals surface area (Å²) in [4.78, 5) is 33.3. The van der Waals surface area contributed by atoms with E-state index in [2.05, 4.69) is 4.98 Å². The molecule has 0 bridgehead atoms. The fraction of sp³-hybridized carbons (Fsp3) is 0.148. The van der Waals surface area contributed by atoms with Crippen molar-refractivity contribution < 1.29 is 29.0 Å². The third-order valence-electron chi connectivity index (χ3n) is 6.00. The fourth-order valence-corrected chi connectivity index (χ4v) is 5.30. The number of rotatable bonds is 7. The van der Waals surface area contributed by atoms with Gasteiger partial charge in [-0.15, -0.1) is 11.3 Å². The summed E-state index contributed by atoms with van der Waals surface area (Å²) in [6.07, 6.45) is 1.48. The van der Waals surface area contributed by atoms with Gasteiger partial charge in [0.05, 0.1) is 42.1 Å². The molecule has 1 unspecified atom stereocenters. The Balaban J connectivity index is 1.60. The van der Waals surface area contributed by atoms with E-state index in [9.17, 15) is 19.8 Å². The zero-order valence-corrected chi connectivity index (χ0v) is 20.3. The topological polar surface area (TPSA) is 113 Å². The molecule has 0 fully saturated rings. The van der Waals surface area contributed by atoms with Crippen molar-refractivity contribution in [2.24, 2.45) is 0 Å². The van der Waals surface area contributed by atoms with Crippen molar-refractivity contribution in [3.05, 3.63) is 100 Å². The van der Waals surface area contributed by atoms with Crippen molar-refractivity contribution in [1.29, 1.82) is 0 Å². The molecule has 2 aromatic heterocycles. The molecule has 1 aliphatic rings. The molecule has 5 rings (SSSR count). The number of carbonyl (C=O) groups is 2. The number of hydrogen-bond donors (Lipinski definition) is 2. The highest BCUT2D eigenvalue weighted by Crippen LogP contribution is 2.43. The summed E-state index contributed by atoms with van der Waals surface area (Å²) in [6.45, 7) is 1.74. The van der Waals surface area contributed by atoms with Gasteiger partial charge in [-0.3, -0.25) is 9.59 Å². The average Bonchev–Trinajstić information content (AvgIpc) is 3.60. The number of Topliss-reactive ketones (excluding diaryl/α,β-unsaturated/α-hetero) is 1. The molecule has 0 aliphatic carbocycles. The minimum absolute atomic E-state index is 0.0149. The fourth-order valence-electron chi connectivity index (χ4n) is 4.28. The number of ketones is 1. The summed E-state index contributed by atoms with van der Waals surface area (Å²) in [6, 6.07) is 16.5. The Hall–Kier alpha value is -4.37. The lowest BCUT2D eigenvalue weighted by Gasteiger charge is -2.26. The van der Waals surface area contributed by atoms with Crippen LogP contribution >= 0.6 is 11.3 Å². The average molecular weight is 503 g/mol. The predicted molar refractivity (Wildman–Crippen MR) is 133 cm³/mol. The van der Waals surface area contributed by atoms with Crippen LogP contribution in [0.3, 0.4) is 0 Å². The van der Waals surface area contributed by atoms with Gasteiger partial charge in [0.25, 0.3) is 5.91 Å². The maximum atomic E-state index is 13.9. The van der Waals surface area contributed by atoms with E-state index in [1.165, 1.54) is 35.7 Å². The summed E-state index contributed by atoms with van der Waals surface area (Å²) in [5.74, 6) is -1.28. The molecule has 0 saturated heterocycles. The summed E-state index contributed by atoms with van der Waals surface area (Å²) in [5, 5.41) is 22.0. The van der Waals surface area contributed by atoms with E-state index >= 15 is 0 Å². The molecule has 2 N–H and O–H groups in total. The van der Waals surface area contributed by atoms with Crippen molar-refractivity contribution in [3.63, 3.8) is 0 Å². The van der Waals surface area contributed by atoms with E-state index in [-0.39, 0.29) is 23.6 Å². The van der Waals surface area contributed by atoms with E-state index in [4.69, 9.17) is 9.15 Å². The van der Waals surface area contributed by atoms with E-state index in [0.717, 1.165) is 5.56 Å². The van der Waals surface area contributed by atoms with Gasteiger partial charge in [0.2, 0.25) is 5.78 Å². The summed E-state index contributed by atoms with van der Waals surface area (Å²) < 4.78 is 10.6. The number of methoxy groups -OCH3 is 1. The maximum absolute atomic E-state index is 13.9. The number of aromatic hydroxyl groups is 1. The quantitative estimate of drug-likeness (QED) is 0.334. The molecule has 9 heteroatoms. The molecule has 1 atom stereocenters. The van der Waals surface area contributed by atoms with Crippen LogP contribution in [0, 0.1) is 6.92 Å². The van der Waals surface area contributed by atoms with Gasteiger partial charge in [-0.2, -0.15) is 0 Å². The Bertz CT molecular complexity index is 1470. The number of nitrogens with zero attached hydrogens (tertiary/aromatic N) is 2. The third-order valence-corrected chi connectivity index (χ3v) is 7.20. The minimum Gasteiger partial charge on any atom is -0.504 e. The van der Waals surface area contributed by atoms with Gasteiger partial charge in [0, 0.05) is 5.56 Å². The Morgan fingerprint density at radius 2 is 1.92 bits per heavy atom. The van der Waals surface area contributed by atoms with Crippen LogP contribution in [0.15, 0.2) is 82.7 Å². The molecule has 4 aromatic rings. The van der Waals surface area contributed by atoms with Crippen LogP contribution in [-0.4, -0.2) is 38.9 Å². The molecular formula is C27H22N2O6S. The standard InChI is InChI=1S/C27H22N2O6S/c1-15-25(36-26(28-15)16-7-4-3-5-8-16)23(31)21-22(17-10-11-20(34-2)19(30)13-17)29(27(33)24(21)32)14-18-9-6-12-35-18/h3-13,22,30,32H,14H2,1-2H3. The van der Waals surface area contributed by atoms with Crippen molar-refractivity contribution in [2.75, 3.05) is 7.11 Å². The van der Waals surface area contributed by atoms with Gasteiger partial charge >= 0.3 is 0 Å². The molecule has 0 radical (unpaired) electrons. The molecule has 0 saturated carbocycles. The van der Waals surface area contributed by atoms with Crippen LogP contribution in [0.2, 0.25) is 0 Å². The van der Waals surface area contributed by atoms with Crippen LogP contribution < -0.4 is 4.74 Å². The molecule has 1 amide bonds. The SMILES string of the molecule is COc1ccc(C2C(C(=O)c3sc(-c4ccccc4)nc3C)=C(O)C(=O)N2Cc2ccco2)cc1O. The van der Waals surface area contributed by atoms with Gasteiger partial charge in [0.15, 0.2) is 17.3 Å². The lowest BCUT2D eigenvalue weighted by molar-refractivity contribution is -0.130. The lowest BCUT2D eigenvalue weighted by atomic mass is 9.94. The van der Waals surface area contributed by atoms with E-state index in [1.807, 2.05) is 30.3 Å². The van der Waals surface area contributed by atoms with Gasteiger partial charge < -0.3 is 24.3 Å². The zero-order chi connectivity index (χ0) is 25.4. The largest absolute Gasteiger partial charge is 0.504 e. The van der Waals surface area contributed by atoms with Crippen molar-refractivity contribution in [3.8, 4) is 22.1 Å². The maximum Gasteiger partial charge on any atom is 0.290 e. The normalized spacial score (nSPS) is 15.6. The van der Waals surface area contributed by atoms with Crippen molar-refractivity contribution in [2.45, 2.75) is 19.5 Å². The van der Waals surface area contributed by atoms with Crippen molar-refractivity contribution in [1.82, 2.24) is 9.88 Å². The molecule has 1 aliphatic heterocycles. The van der Waals surface area contributed by atoms with E-state index in [1.54, 1.807) is 31.2 Å². The molecule has 2 aromatic carbocycles. The van der Waals surface area contributed by atoms with Crippen molar-refractivity contribution >= 4 is 23.0 Å². The van der Waals surface area contributed by atoms with Gasteiger partial charge in [0.1, 0.15) is 10.8 Å². The molecule has 36 heavy (non-hydrogen) atoms. The first-order valence-corrected chi connectivity index (χ1v) is 11.9. The number of aliphatic hydroxyl groups excluding tert-OH is 1. The molecule has 3 heterocycles. The lowest BCUT2D eigenvalue weighted by Crippen LogP contribution is -2.30. The number of furan rings is 1. The van der Waals surface area contributed by atoms with Gasteiger partial charge in [-0.1, -0.05) is 36.4 Å². The Kier molecular flexibility index (Phi) is 6.07. The first-order chi connectivity index (χ1) is 17.4. The van der Waals surface area contributed by atoms with Crippen LogP contribution in [0.25, 0.3) is 10.6 Å². The highest BCUT2D eigenvalue weighted by Gasteiger charge is 2.45. The Labute approximate surface area is 210 Å². The number of ether oxygens (including phenoxy) is 1. The Morgan fingerprint density at radius 3 is 2.58 bits per heavy atom. The second-order valence-electron chi connectivity index (χ2n) is 8.24. The first kappa shape index (κ1) is 23.4. The Morgan fingerprint density at radius 1 is 1.14 bits per heavy atom. The van der Waals surface area contributed by atoms with Gasteiger partial charge in [-0.05, 0) is 36.8 Å². The number of thiazole rings is 1. The molecule has 0 spiro atoms. The monoisotopic (exact) mass is 502 g/mol. The number of benzene rings is 2. The minimum atomic E-state index is -0.964. The highest BCUT2D eigenvalue weighted by molar-refractivity contribution is 7.17. The number of phenols is 1. The van der Waals surface area contributed by atoms with Crippen LogP contribution in [-0.2, 0) is 11.3 Å². The summed E-state index contributed by atoms with van der Waals surface area (Å²) in [5.41, 5.74) is 1.72. The van der Waals surface area contributed by atoms with E-state index in [0.29, 0.717) is 26.9 Å².